The van der Waals surface area contributed by atoms with Gasteiger partial charge in [0.15, 0.2) is 0 Å². The van der Waals surface area contributed by atoms with Crippen LogP contribution >= 0.6 is 22.9 Å². The molecule has 1 aromatic carbocycles. The molecule has 0 radical (unpaired) electrons. The number of likely N-dealkylation sites (tertiary alicyclic amines) is 1. The highest BCUT2D eigenvalue weighted by Gasteiger charge is 2.47. The van der Waals surface area contributed by atoms with Crippen molar-refractivity contribution in [3.05, 3.63) is 86.3 Å². The topological polar surface area (TPSA) is 79.7 Å². The number of hydrogen-bond acceptors (Lipinski definition) is 6. The summed E-state index contributed by atoms with van der Waals surface area (Å²) in [6.45, 7) is 2.12. The van der Waals surface area contributed by atoms with E-state index < -0.39 is 17.7 Å². The van der Waals surface area contributed by atoms with Crippen molar-refractivity contribution < 1.29 is 19.4 Å². The van der Waals surface area contributed by atoms with Crippen LogP contribution in [0.1, 0.15) is 27.6 Å². The predicted octanol–water partition coefficient (Wildman–Crippen LogP) is 4.74. The van der Waals surface area contributed by atoms with Gasteiger partial charge in [-0.05, 0) is 59.8 Å². The van der Waals surface area contributed by atoms with E-state index in [9.17, 15) is 14.7 Å². The zero-order chi connectivity index (χ0) is 22.1. The van der Waals surface area contributed by atoms with Gasteiger partial charge >= 0.3 is 0 Å². The summed E-state index contributed by atoms with van der Waals surface area (Å²) in [5.74, 6) is -1.37. The molecule has 0 saturated carbocycles. The lowest BCUT2D eigenvalue weighted by Gasteiger charge is -2.25. The summed E-state index contributed by atoms with van der Waals surface area (Å²) >= 11 is 7.56. The molecule has 3 aromatic rings. The van der Waals surface area contributed by atoms with Gasteiger partial charge < -0.3 is 14.7 Å². The third kappa shape index (κ3) is 3.82. The average Bonchev–Trinajstić information content (AvgIpc) is 3.30. The third-order valence-electron chi connectivity index (χ3n) is 5.21. The maximum atomic E-state index is 13.1. The lowest BCUT2D eigenvalue weighted by Crippen LogP contribution is -2.29. The molecule has 0 spiro atoms. The molecule has 4 rings (SSSR count). The van der Waals surface area contributed by atoms with Crippen molar-refractivity contribution >= 4 is 40.4 Å². The molecule has 8 heteroatoms. The van der Waals surface area contributed by atoms with Crippen molar-refractivity contribution in [1.82, 2.24) is 9.88 Å². The number of aryl methyl sites for hydroxylation is 1. The zero-order valence-electron chi connectivity index (χ0n) is 16.8. The number of aromatic nitrogens is 1. The van der Waals surface area contributed by atoms with Gasteiger partial charge in [-0.1, -0.05) is 11.6 Å². The number of pyridine rings is 1. The molecule has 1 N–H and O–H groups in total. The van der Waals surface area contributed by atoms with E-state index in [1.165, 1.54) is 29.4 Å². The fourth-order valence-electron chi connectivity index (χ4n) is 3.68. The number of halogens is 1. The second kappa shape index (κ2) is 8.53. The quantitative estimate of drug-likeness (QED) is 0.342. The summed E-state index contributed by atoms with van der Waals surface area (Å²) in [6, 6.07) is 9.53. The van der Waals surface area contributed by atoms with Crippen LogP contribution < -0.4 is 4.74 Å². The van der Waals surface area contributed by atoms with Crippen LogP contribution in [0.4, 0.5) is 0 Å². The van der Waals surface area contributed by atoms with Crippen LogP contribution in [0.5, 0.6) is 5.75 Å². The Morgan fingerprint density at radius 2 is 1.97 bits per heavy atom. The highest BCUT2D eigenvalue weighted by atomic mass is 35.5. The van der Waals surface area contributed by atoms with E-state index in [-0.39, 0.29) is 23.4 Å². The molecule has 0 bridgehead atoms. The number of rotatable bonds is 5. The molecule has 1 aliphatic rings. The van der Waals surface area contributed by atoms with Crippen molar-refractivity contribution in [3.8, 4) is 5.75 Å². The van der Waals surface area contributed by atoms with E-state index in [1.54, 1.807) is 36.7 Å². The standard InChI is InChI=1S/C23H19ClN2O4S/c1-13-7-10-31-22(13)19-18(20(27)16-11-15(24)3-4-17(16)30-2)21(28)23(29)26(19)12-14-5-8-25-9-6-14/h3-11,19,27H,12H2,1-2H3/b20-18+. The van der Waals surface area contributed by atoms with Gasteiger partial charge in [-0.15, -0.1) is 11.3 Å². The largest absolute Gasteiger partial charge is 0.507 e. The van der Waals surface area contributed by atoms with E-state index >= 15 is 0 Å². The number of hydrogen-bond donors (Lipinski definition) is 1. The fourth-order valence-corrected chi connectivity index (χ4v) is 4.89. The van der Waals surface area contributed by atoms with E-state index in [0.29, 0.717) is 10.8 Å². The van der Waals surface area contributed by atoms with Crippen LogP contribution in [0.25, 0.3) is 5.76 Å². The van der Waals surface area contributed by atoms with Crippen LogP contribution in [0.3, 0.4) is 0 Å². The Hall–Kier alpha value is -3.16. The summed E-state index contributed by atoms with van der Waals surface area (Å²) in [5.41, 5.74) is 2.04. The molecule has 2 aromatic heterocycles. The first-order valence-electron chi connectivity index (χ1n) is 9.47. The normalized spacial score (nSPS) is 17.9. The molecule has 1 saturated heterocycles. The Balaban J connectivity index is 1.91. The Kier molecular flexibility index (Phi) is 5.80. The first-order valence-corrected chi connectivity index (χ1v) is 10.7. The number of benzene rings is 1. The van der Waals surface area contributed by atoms with Crippen molar-refractivity contribution in [1.29, 1.82) is 0 Å². The maximum Gasteiger partial charge on any atom is 0.295 e. The molecule has 6 nitrogen and oxygen atoms in total. The molecule has 1 fully saturated rings. The van der Waals surface area contributed by atoms with Gasteiger partial charge in [0.05, 0.1) is 18.2 Å². The molecule has 31 heavy (non-hydrogen) atoms. The van der Waals surface area contributed by atoms with E-state index in [4.69, 9.17) is 16.3 Å². The van der Waals surface area contributed by atoms with E-state index in [1.807, 2.05) is 18.4 Å². The van der Waals surface area contributed by atoms with Gasteiger partial charge in [-0.25, -0.2) is 0 Å². The summed E-state index contributed by atoms with van der Waals surface area (Å²) in [7, 11) is 1.46. The SMILES string of the molecule is COc1ccc(Cl)cc1/C(O)=C1\C(=O)C(=O)N(Cc2ccncc2)C1c1sccc1C. The van der Waals surface area contributed by atoms with Gasteiger partial charge in [0.1, 0.15) is 17.6 Å². The Bertz CT molecular complexity index is 1190. The van der Waals surface area contributed by atoms with Crippen molar-refractivity contribution in [2.75, 3.05) is 7.11 Å². The number of ether oxygens (including phenoxy) is 1. The number of carbonyl (C=O) groups excluding carboxylic acids is 2. The second-order valence-corrected chi connectivity index (χ2v) is 8.48. The summed E-state index contributed by atoms with van der Waals surface area (Å²) in [6.07, 6.45) is 3.27. The van der Waals surface area contributed by atoms with Gasteiger partial charge in [-0.2, -0.15) is 0 Å². The first kappa shape index (κ1) is 21.1. The van der Waals surface area contributed by atoms with Crippen LogP contribution in [0.2, 0.25) is 5.02 Å². The Labute approximate surface area is 188 Å². The Morgan fingerprint density at radius 3 is 2.61 bits per heavy atom. The molecular formula is C23H19ClN2O4S. The molecule has 1 atom stereocenters. The van der Waals surface area contributed by atoms with Gasteiger partial charge in [-0.3, -0.25) is 14.6 Å². The molecule has 158 valence electrons. The average molecular weight is 455 g/mol. The summed E-state index contributed by atoms with van der Waals surface area (Å²) in [4.78, 5) is 32.5. The Morgan fingerprint density at radius 1 is 1.23 bits per heavy atom. The molecule has 1 unspecified atom stereocenters. The van der Waals surface area contributed by atoms with Crippen LogP contribution in [0, 0.1) is 6.92 Å². The fraction of sp³-hybridized carbons (Fsp3) is 0.174. The van der Waals surface area contributed by atoms with Crippen LogP contribution in [-0.2, 0) is 16.1 Å². The third-order valence-corrected chi connectivity index (χ3v) is 6.52. The van der Waals surface area contributed by atoms with E-state index in [2.05, 4.69) is 4.98 Å². The minimum atomic E-state index is -0.744. The minimum Gasteiger partial charge on any atom is -0.507 e. The zero-order valence-corrected chi connectivity index (χ0v) is 18.4. The van der Waals surface area contributed by atoms with Gasteiger partial charge in [0.2, 0.25) is 0 Å². The molecule has 1 amide bonds. The van der Waals surface area contributed by atoms with Crippen molar-refractivity contribution in [2.24, 2.45) is 0 Å². The summed E-state index contributed by atoms with van der Waals surface area (Å²) < 4.78 is 5.35. The number of aliphatic hydroxyl groups excluding tert-OH is 1. The smallest absolute Gasteiger partial charge is 0.295 e. The number of thiophene rings is 1. The van der Waals surface area contributed by atoms with Crippen molar-refractivity contribution in [2.45, 2.75) is 19.5 Å². The number of carbonyl (C=O) groups is 2. The number of ketones is 1. The summed E-state index contributed by atoms with van der Waals surface area (Å²) in [5, 5.41) is 13.5. The number of aliphatic hydroxyl groups is 1. The highest BCUT2D eigenvalue weighted by molar-refractivity contribution is 7.10. The van der Waals surface area contributed by atoms with Crippen LogP contribution in [-0.4, -0.2) is 33.8 Å². The maximum absolute atomic E-state index is 13.1. The number of nitrogens with zero attached hydrogens (tertiary/aromatic N) is 2. The number of Topliss-reactive ketones (excluding diaryl/α,β-unsaturated/α-hetero) is 1. The van der Waals surface area contributed by atoms with E-state index in [0.717, 1.165) is 16.0 Å². The van der Waals surface area contributed by atoms with Crippen LogP contribution in [0.15, 0.2) is 59.7 Å². The highest BCUT2D eigenvalue weighted by Crippen LogP contribution is 2.44. The number of methoxy groups -OCH3 is 1. The first-order chi connectivity index (χ1) is 14.9. The molecular weight excluding hydrogens is 436 g/mol. The monoisotopic (exact) mass is 454 g/mol. The lowest BCUT2D eigenvalue weighted by atomic mass is 9.98. The van der Waals surface area contributed by atoms with Crippen molar-refractivity contribution in [3.63, 3.8) is 0 Å². The predicted molar refractivity (Wildman–Crippen MR) is 119 cm³/mol. The molecule has 1 aliphatic heterocycles. The second-order valence-electron chi connectivity index (χ2n) is 7.09. The lowest BCUT2D eigenvalue weighted by molar-refractivity contribution is -0.140. The molecule has 3 heterocycles. The molecule has 0 aliphatic carbocycles. The van der Waals surface area contributed by atoms with Gasteiger partial charge in [0, 0.05) is 28.8 Å². The van der Waals surface area contributed by atoms with Gasteiger partial charge in [0.25, 0.3) is 11.7 Å². The number of amides is 1. The minimum absolute atomic E-state index is 0.0187.